The molecule has 0 spiro atoms. The summed E-state index contributed by atoms with van der Waals surface area (Å²) in [6, 6.07) is 2.59. The van der Waals surface area contributed by atoms with E-state index < -0.39 is 10.7 Å². The van der Waals surface area contributed by atoms with Crippen LogP contribution >= 0.6 is 11.6 Å². The van der Waals surface area contributed by atoms with Gasteiger partial charge < -0.3 is 10.6 Å². The van der Waals surface area contributed by atoms with Crippen molar-refractivity contribution in [1.29, 1.82) is 0 Å². The zero-order chi connectivity index (χ0) is 15.6. The molecule has 1 aliphatic carbocycles. The van der Waals surface area contributed by atoms with Crippen LogP contribution in [-0.2, 0) is 0 Å². The van der Waals surface area contributed by atoms with Gasteiger partial charge in [-0.25, -0.2) is 4.39 Å². The minimum Gasteiger partial charge on any atom is -0.363 e. The van der Waals surface area contributed by atoms with E-state index in [1.165, 1.54) is 6.07 Å². The SMILES string of the molecule is CCN(c1cc(F)c(Cl)cc1[N+](=O)[O-])C1CCC(N)CC1. The number of nitrogens with zero attached hydrogens (tertiary/aromatic N) is 2. The number of nitrogens with two attached hydrogens (primary N) is 1. The zero-order valence-corrected chi connectivity index (χ0v) is 12.6. The molecule has 7 heteroatoms. The van der Waals surface area contributed by atoms with Crippen molar-refractivity contribution in [2.24, 2.45) is 5.73 Å². The monoisotopic (exact) mass is 315 g/mol. The third-order valence-corrected chi connectivity index (χ3v) is 4.34. The summed E-state index contributed by atoms with van der Waals surface area (Å²) in [5.41, 5.74) is 6.04. The van der Waals surface area contributed by atoms with Gasteiger partial charge in [-0.3, -0.25) is 10.1 Å². The molecule has 1 fully saturated rings. The summed E-state index contributed by atoms with van der Waals surface area (Å²) in [7, 11) is 0. The first kappa shape index (κ1) is 16.0. The van der Waals surface area contributed by atoms with Crippen LogP contribution in [0.1, 0.15) is 32.6 Å². The van der Waals surface area contributed by atoms with Crippen LogP contribution in [0.5, 0.6) is 0 Å². The fourth-order valence-electron chi connectivity index (χ4n) is 2.94. The van der Waals surface area contributed by atoms with Gasteiger partial charge in [-0.1, -0.05) is 11.6 Å². The molecular formula is C14H19ClFN3O2. The standard InChI is InChI=1S/C14H19ClFN3O2/c1-2-18(10-5-3-9(17)4-6-10)13-8-12(16)11(15)7-14(13)19(20)21/h7-10H,2-6,17H2,1H3. The molecule has 1 aliphatic rings. The van der Waals surface area contributed by atoms with Gasteiger partial charge >= 0.3 is 0 Å². The Kier molecular flexibility index (Phi) is 5.00. The highest BCUT2D eigenvalue weighted by Crippen LogP contribution is 2.36. The Morgan fingerprint density at radius 2 is 2.05 bits per heavy atom. The lowest BCUT2D eigenvalue weighted by Crippen LogP contribution is -2.41. The van der Waals surface area contributed by atoms with Crippen LogP contribution in [0, 0.1) is 15.9 Å². The average molecular weight is 316 g/mol. The molecule has 2 rings (SSSR count). The van der Waals surface area contributed by atoms with Crippen molar-refractivity contribution in [3.63, 3.8) is 0 Å². The maximum absolute atomic E-state index is 13.7. The number of anilines is 1. The van der Waals surface area contributed by atoms with E-state index >= 15 is 0 Å². The summed E-state index contributed by atoms with van der Waals surface area (Å²) in [4.78, 5) is 12.6. The Hall–Kier alpha value is -1.40. The maximum atomic E-state index is 13.7. The smallest absolute Gasteiger partial charge is 0.294 e. The Morgan fingerprint density at radius 1 is 1.43 bits per heavy atom. The molecule has 1 saturated carbocycles. The van der Waals surface area contributed by atoms with Gasteiger partial charge in [0.1, 0.15) is 11.5 Å². The van der Waals surface area contributed by atoms with Crippen LogP contribution in [0.3, 0.4) is 0 Å². The molecule has 0 radical (unpaired) electrons. The fraction of sp³-hybridized carbons (Fsp3) is 0.571. The molecule has 21 heavy (non-hydrogen) atoms. The molecule has 0 atom stereocenters. The summed E-state index contributed by atoms with van der Waals surface area (Å²) < 4.78 is 13.7. The van der Waals surface area contributed by atoms with E-state index in [1.54, 1.807) is 0 Å². The van der Waals surface area contributed by atoms with Crippen molar-refractivity contribution in [3.05, 3.63) is 33.1 Å². The van der Waals surface area contributed by atoms with Crippen molar-refractivity contribution in [3.8, 4) is 0 Å². The van der Waals surface area contributed by atoms with Gasteiger partial charge in [-0.15, -0.1) is 0 Å². The lowest BCUT2D eigenvalue weighted by Gasteiger charge is -2.36. The number of nitro groups is 1. The first-order chi connectivity index (χ1) is 9.93. The summed E-state index contributed by atoms with van der Waals surface area (Å²) in [6.07, 6.45) is 3.48. The third-order valence-electron chi connectivity index (χ3n) is 4.05. The van der Waals surface area contributed by atoms with Gasteiger partial charge in [-0.2, -0.15) is 0 Å². The van der Waals surface area contributed by atoms with E-state index in [1.807, 2.05) is 11.8 Å². The molecule has 116 valence electrons. The quantitative estimate of drug-likeness (QED) is 0.682. The predicted octanol–water partition coefficient (Wildman–Crippen LogP) is 3.48. The molecular weight excluding hydrogens is 297 g/mol. The Balaban J connectivity index is 2.37. The van der Waals surface area contributed by atoms with Gasteiger partial charge in [-0.05, 0) is 32.6 Å². The molecule has 0 aliphatic heterocycles. The Bertz CT molecular complexity index is 533. The van der Waals surface area contributed by atoms with E-state index in [0.29, 0.717) is 12.2 Å². The second kappa shape index (κ2) is 6.58. The lowest BCUT2D eigenvalue weighted by molar-refractivity contribution is -0.384. The van der Waals surface area contributed by atoms with Gasteiger partial charge in [0.2, 0.25) is 0 Å². The lowest BCUT2D eigenvalue weighted by atomic mass is 9.90. The van der Waals surface area contributed by atoms with E-state index in [2.05, 4.69) is 0 Å². The number of rotatable bonds is 4. The van der Waals surface area contributed by atoms with Crippen LogP contribution in [-0.4, -0.2) is 23.6 Å². The first-order valence-corrected chi connectivity index (χ1v) is 7.47. The third kappa shape index (κ3) is 3.44. The van der Waals surface area contributed by atoms with Gasteiger partial charge in [0, 0.05) is 30.8 Å². The Morgan fingerprint density at radius 3 is 2.57 bits per heavy atom. The van der Waals surface area contributed by atoms with Crippen LogP contribution in [0.25, 0.3) is 0 Å². The molecule has 0 bridgehead atoms. The average Bonchev–Trinajstić information content (AvgIpc) is 2.45. The molecule has 0 aromatic heterocycles. The van der Waals surface area contributed by atoms with Crippen molar-refractivity contribution < 1.29 is 9.31 Å². The summed E-state index contributed by atoms with van der Waals surface area (Å²) in [6.45, 7) is 2.48. The zero-order valence-electron chi connectivity index (χ0n) is 11.9. The van der Waals surface area contributed by atoms with Crippen molar-refractivity contribution in [2.45, 2.75) is 44.7 Å². The molecule has 0 unspecified atom stereocenters. The summed E-state index contributed by atoms with van der Waals surface area (Å²) >= 11 is 5.67. The number of halogens is 2. The van der Waals surface area contributed by atoms with Crippen molar-refractivity contribution in [1.82, 2.24) is 0 Å². The molecule has 5 nitrogen and oxygen atoms in total. The fourth-order valence-corrected chi connectivity index (χ4v) is 3.10. The highest BCUT2D eigenvalue weighted by Gasteiger charge is 2.29. The topological polar surface area (TPSA) is 72.4 Å². The first-order valence-electron chi connectivity index (χ1n) is 7.09. The van der Waals surface area contributed by atoms with E-state index in [-0.39, 0.29) is 22.8 Å². The number of hydrogen-bond acceptors (Lipinski definition) is 4. The highest BCUT2D eigenvalue weighted by molar-refractivity contribution is 6.31. The number of benzene rings is 1. The van der Waals surface area contributed by atoms with Crippen LogP contribution in [0.15, 0.2) is 12.1 Å². The molecule has 0 amide bonds. The van der Waals surface area contributed by atoms with Crippen LogP contribution < -0.4 is 10.6 Å². The van der Waals surface area contributed by atoms with Crippen LogP contribution in [0.2, 0.25) is 5.02 Å². The van der Waals surface area contributed by atoms with E-state index in [4.69, 9.17) is 17.3 Å². The largest absolute Gasteiger partial charge is 0.363 e. The maximum Gasteiger partial charge on any atom is 0.294 e. The molecule has 0 heterocycles. The normalized spacial score (nSPS) is 22.1. The number of hydrogen-bond donors (Lipinski definition) is 1. The minimum atomic E-state index is -0.636. The molecule has 1 aromatic rings. The van der Waals surface area contributed by atoms with E-state index in [0.717, 1.165) is 31.7 Å². The van der Waals surface area contributed by atoms with E-state index in [9.17, 15) is 14.5 Å². The second-order valence-corrected chi connectivity index (χ2v) is 5.77. The van der Waals surface area contributed by atoms with Gasteiger partial charge in [0.05, 0.1) is 9.95 Å². The molecule has 0 saturated heterocycles. The predicted molar refractivity (Wildman–Crippen MR) is 81.3 cm³/mol. The highest BCUT2D eigenvalue weighted by atomic mass is 35.5. The molecule has 1 aromatic carbocycles. The minimum absolute atomic E-state index is 0.147. The number of nitro benzene ring substituents is 1. The van der Waals surface area contributed by atoms with Crippen molar-refractivity contribution >= 4 is 23.0 Å². The summed E-state index contributed by atoms with van der Waals surface area (Å²) in [5.74, 6) is -0.636. The van der Waals surface area contributed by atoms with Crippen molar-refractivity contribution in [2.75, 3.05) is 11.4 Å². The Labute approximate surface area is 128 Å². The summed E-state index contributed by atoms with van der Waals surface area (Å²) in [5, 5.41) is 11.0. The van der Waals surface area contributed by atoms with Crippen LogP contribution in [0.4, 0.5) is 15.8 Å². The molecule has 2 N–H and O–H groups in total. The second-order valence-electron chi connectivity index (χ2n) is 5.37. The van der Waals surface area contributed by atoms with Gasteiger partial charge in [0.25, 0.3) is 5.69 Å². The van der Waals surface area contributed by atoms with Gasteiger partial charge in [0.15, 0.2) is 0 Å².